The first kappa shape index (κ1) is 20.2. The van der Waals surface area contributed by atoms with E-state index in [1.165, 1.54) is 5.01 Å². The Balaban J connectivity index is 1.71. The van der Waals surface area contributed by atoms with Gasteiger partial charge in [-0.15, -0.1) is 0 Å². The molecule has 2 N–H and O–H groups in total. The lowest BCUT2D eigenvalue weighted by Crippen LogP contribution is -2.46. The highest BCUT2D eigenvalue weighted by molar-refractivity contribution is 5.75. The molecule has 1 aromatic carbocycles. The van der Waals surface area contributed by atoms with Gasteiger partial charge >= 0.3 is 6.09 Å². The van der Waals surface area contributed by atoms with Gasteiger partial charge in [0, 0.05) is 26.1 Å². The number of hydrogen-bond donors (Lipinski definition) is 1. The van der Waals surface area contributed by atoms with Crippen molar-refractivity contribution in [3.8, 4) is 0 Å². The Morgan fingerprint density at radius 2 is 1.81 bits per heavy atom. The number of nitrogens with zero attached hydrogens (tertiary/aromatic N) is 2. The van der Waals surface area contributed by atoms with Crippen LogP contribution in [0.1, 0.15) is 45.6 Å². The van der Waals surface area contributed by atoms with Crippen molar-refractivity contribution in [2.24, 2.45) is 11.8 Å². The zero-order chi connectivity index (χ0) is 19.2. The molecule has 0 spiro atoms. The van der Waals surface area contributed by atoms with Gasteiger partial charge in [0.05, 0.1) is 0 Å². The van der Waals surface area contributed by atoms with E-state index in [4.69, 9.17) is 10.6 Å². The van der Waals surface area contributed by atoms with Crippen molar-refractivity contribution in [1.82, 2.24) is 9.91 Å². The van der Waals surface area contributed by atoms with Crippen molar-refractivity contribution in [2.75, 3.05) is 19.6 Å². The zero-order valence-corrected chi connectivity index (χ0v) is 16.1. The number of aryl methyl sites for hydroxylation is 1. The van der Waals surface area contributed by atoms with Gasteiger partial charge in [-0.05, 0) is 51.5 Å². The number of benzene rings is 1. The average molecular weight is 361 g/mol. The molecule has 6 heteroatoms. The summed E-state index contributed by atoms with van der Waals surface area (Å²) in [6.07, 6.45) is 2.51. The second-order valence-electron chi connectivity index (χ2n) is 7.94. The third kappa shape index (κ3) is 6.67. The largest absolute Gasteiger partial charge is 0.444 e. The summed E-state index contributed by atoms with van der Waals surface area (Å²) < 4.78 is 5.40. The molecule has 0 unspecified atom stereocenters. The maximum absolute atomic E-state index is 12.2. The highest BCUT2D eigenvalue weighted by atomic mass is 16.6. The molecule has 1 aliphatic heterocycles. The summed E-state index contributed by atoms with van der Waals surface area (Å²) >= 11 is 0. The Morgan fingerprint density at radius 3 is 2.38 bits per heavy atom. The van der Waals surface area contributed by atoms with Crippen LogP contribution in [0.15, 0.2) is 30.3 Å². The van der Waals surface area contributed by atoms with Gasteiger partial charge in [-0.1, -0.05) is 30.3 Å². The van der Waals surface area contributed by atoms with Crippen molar-refractivity contribution in [3.05, 3.63) is 35.9 Å². The van der Waals surface area contributed by atoms with Gasteiger partial charge in [0.25, 0.3) is 0 Å². The minimum atomic E-state index is -0.479. The fourth-order valence-electron chi connectivity index (χ4n) is 3.04. The normalized spacial score (nSPS) is 15.6. The van der Waals surface area contributed by atoms with E-state index in [1.54, 1.807) is 4.90 Å². The van der Waals surface area contributed by atoms with Crippen LogP contribution in [0.5, 0.6) is 0 Å². The monoisotopic (exact) mass is 361 g/mol. The molecule has 0 aromatic heterocycles. The summed E-state index contributed by atoms with van der Waals surface area (Å²) in [5, 5.41) is 1.34. The number of carbonyl (C=O) groups excluding carboxylic acids is 2. The van der Waals surface area contributed by atoms with Crippen molar-refractivity contribution in [2.45, 2.75) is 52.1 Å². The number of rotatable bonds is 5. The summed E-state index contributed by atoms with van der Waals surface area (Å²) in [4.78, 5) is 26.1. The number of hydrazine groups is 1. The first-order chi connectivity index (χ1) is 12.2. The standard InChI is InChI=1S/C20H31N3O3/c1-20(2,3)26-19(25)22-13-11-17(12-14-22)15-23(21)18(24)10-9-16-7-5-4-6-8-16/h4-8,17H,9-15,21H2,1-3H3. The molecule has 6 nitrogen and oxygen atoms in total. The Kier molecular flexibility index (Phi) is 7.03. The molecule has 0 atom stereocenters. The van der Waals surface area contributed by atoms with Gasteiger partial charge < -0.3 is 9.64 Å². The van der Waals surface area contributed by atoms with E-state index >= 15 is 0 Å². The van der Waals surface area contributed by atoms with Gasteiger partial charge in [0.15, 0.2) is 0 Å². The number of carbonyl (C=O) groups is 2. The molecule has 2 rings (SSSR count). The van der Waals surface area contributed by atoms with E-state index in [1.807, 2.05) is 51.1 Å². The van der Waals surface area contributed by atoms with Gasteiger partial charge in [-0.2, -0.15) is 0 Å². The second kappa shape index (κ2) is 9.03. The third-order valence-electron chi connectivity index (χ3n) is 4.51. The molecule has 0 aliphatic carbocycles. The van der Waals surface area contributed by atoms with Crippen LogP contribution >= 0.6 is 0 Å². The van der Waals surface area contributed by atoms with Gasteiger partial charge in [-0.3, -0.25) is 9.80 Å². The molecular weight excluding hydrogens is 330 g/mol. The van der Waals surface area contributed by atoms with Gasteiger partial charge in [-0.25, -0.2) is 10.6 Å². The average Bonchev–Trinajstić information content (AvgIpc) is 2.59. The number of amides is 2. The summed E-state index contributed by atoms with van der Waals surface area (Å²) in [5.41, 5.74) is 0.660. The van der Waals surface area contributed by atoms with Gasteiger partial charge in [0.2, 0.25) is 5.91 Å². The summed E-state index contributed by atoms with van der Waals surface area (Å²) in [5.74, 6) is 6.25. The lowest BCUT2D eigenvalue weighted by atomic mass is 9.96. The lowest BCUT2D eigenvalue weighted by Gasteiger charge is -2.34. The van der Waals surface area contributed by atoms with E-state index in [9.17, 15) is 9.59 Å². The molecule has 144 valence electrons. The van der Waals surface area contributed by atoms with Crippen LogP contribution in [-0.4, -0.2) is 47.1 Å². The van der Waals surface area contributed by atoms with E-state index in [2.05, 4.69) is 0 Å². The Hall–Kier alpha value is -2.08. The van der Waals surface area contributed by atoms with Crippen LogP contribution in [0.4, 0.5) is 4.79 Å². The fraction of sp³-hybridized carbons (Fsp3) is 0.600. The number of likely N-dealkylation sites (tertiary alicyclic amines) is 1. The maximum atomic E-state index is 12.2. The lowest BCUT2D eigenvalue weighted by molar-refractivity contribution is -0.132. The molecule has 1 saturated heterocycles. The van der Waals surface area contributed by atoms with Crippen molar-refractivity contribution < 1.29 is 14.3 Å². The molecule has 26 heavy (non-hydrogen) atoms. The maximum Gasteiger partial charge on any atom is 0.410 e. The molecule has 1 heterocycles. The molecule has 1 aliphatic rings. The fourth-order valence-corrected chi connectivity index (χ4v) is 3.04. The van der Waals surface area contributed by atoms with E-state index in [-0.39, 0.29) is 12.0 Å². The van der Waals surface area contributed by atoms with E-state index < -0.39 is 5.60 Å². The van der Waals surface area contributed by atoms with Gasteiger partial charge in [0.1, 0.15) is 5.60 Å². The van der Waals surface area contributed by atoms with E-state index in [0.717, 1.165) is 18.4 Å². The molecule has 2 amide bonds. The Labute approximate surface area is 156 Å². The number of ether oxygens (including phenoxy) is 1. The first-order valence-corrected chi connectivity index (χ1v) is 9.31. The van der Waals surface area contributed by atoms with Crippen LogP contribution in [0.3, 0.4) is 0 Å². The van der Waals surface area contributed by atoms with Crippen LogP contribution in [-0.2, 0) is 16.0 Å². The number of piperidine rings is 1. The summed E-state index contributed by atoms with van der Waals surface area (Å²) in [6, 6.07) is 9.93. The van der Waals surface area contributed by atoms with Crippen LogP contribution < -0.4 is 5.84 Å². The minimum Gasteiger partial charge on any atom is -0.444 e. The number of hydrogen-bond acceptors (Lipinski definition) is 4. The second-order valence-corrected chi connectivity index (χ2v) is 7.94. The molecule has 1 fully saturated rings. The molecular formula is C20H31N3O3. The van der Waals surface area contributed by atoms with Crippen LogP contribution in [0.25, 0.3) is 0 Å². The smallest absolute Gasteiger partial charge is 0.410 e. The number of nitrogens with two attached hydrogens (primary N) is 1. The highest BCUT2D eigenvalue weighted by Crippen LogP contribution is 2.20. The van der Waals surface area contributed by atoms with Crippen molar-refractivity contribution in [3.63, 3.8) is 0 Å². The topological polar surface area (TPSA) is 75.9 Å². The zero-order valence-electron chi connectivity index (χ0n) is 16.1. The minimum absolute atomic E-state index is 0.0385. The summed E-state index contributed by atoms with van der Waals surface area (Å²) in [7, 11) is 0. The van der Waals surface area contributed by atoms with E-state index in [0.29, 0.717) is 38.4 Å². The van der Waals surface area contributed by atoms with Crippen molar-refractivity contribution in [1.29, 1.82) is 0 Å². The molecule has 0 radical (unpaired) electrons. The van der Waals surface area contributed by atoms with Crippen LogP contribution in [0.2, 0.25) is 0 Å². The Morgan fingerprint density at radius 1 is 1.19 bits per heavy atom. The van der Waals surface area contributed by atoms with Crippen LogP contribution in [0, 0.1) is 5.92 Å². The first-order valence-electron chi connectivity index (χ1n) is 9.31. The molecule has 0 saturated carbocycles. The quantitative estimate of drug-likeness (QED) is 0.497. The Bertz CT molecular complexity index is 590. The summed E-state index contributed by atoms with van der Waals surface area (Å²) in [6.45, 7) is 7.42. The predicted molar refractivity (Wildman–Crippen MR) is 101 cm³/mol. The highest BCUT2D eigenvalue weighted by Gasteiger charge is 2.28. The van der Waals surface area contributed by atoms with Crippen molar-refractivity contribution >= 4 is 12.0 Å². The predicted octanol–water partition coefficient (Wildman–Crippen LogP) is 2.97. The third-order valence-corrected chi connectivity index (χ3v) is 4.51. The SMILES string of the molecule is CC(C)(C)OC(=O)N1CCC(CN(N)C(=O)CCc2ccccc2)CC1. The molecule has 1 aromatic rings. The molecule has 0 bridgehead atoms.